The first-order valence-corrected chi connectivity index (χ1v) is 3.57. The van der Waals surface area contributed by atoms with Crippen LogP contribution in [0, 0.1) is 0 Å². The number of aliphatic hydroxyl groups excluding tert-OH is 1. The molecule has 1 aromatic rings. The Morgan fingerprint density at radius 1 is 1.89 bits per heavy atom. The van der Waals surface area contributed by atoms with Crippen LogP contribution in [0.1, 0.15) is 12.0 Å². The van der Waals surface area contributed by atoms with Crippen molar-refractivity contribution in [3.05, 3.63) is 16.6 Å². The molecule has 2 rings (SSSR count). The molecule has 1 aliphatic rings. The van der Waals surface area contributed by atoms with Crippen LogP contribution in [-0.4, -0.2) is 5.11 Å². The molecule has 9 heavy (non-hydrogen) atoms. The van der Waals surface area contributed by atoms with E-state index >= 15 is 0 Å². The predicted octanol–water partition coefficient (Wildman–Crippen LogP) is 0.0142. The number of rotatable bonds is 0. The van der Waals surface area contributed by atoms with Crippen molar-refractivity contribution in [3.8, 4) is 0 Å². The van der Waals surface area contributed by atoms with Crippen molar-refractivity contribution in [1.29, 1.82) is 0 Å². The minimum Gasteiger partial charge on any atom is -0.359 e. The number of aromatic nitrogens is 1. The summed E-state index contributed by atoms with van der Waals surface area (Å²) in [5.74, 6) is 0. The van der Waals surface area contributed by atoms with Gasteiger partial charge in [-0.15, -0.1) is 0 Å². The standard InChI is InChI=1S/C5H6NO2S/c7-5-4-1-9-3-6(4)2-8-5/h1,3,5,7H,2H2/q+1. The van der Waals surface area contributed by atoms with Gasteiger partial charge in [0.2, 0.25) is 11.8 Å². The maximum Gasteiger partial charge on any atom is 0.256 e. The van der Waals surface area contributed by atoms with Gasteiger partial charge in [-0.25, -0.2) is 0 Å². The van der Waals surface area contributed by atoms with Gasteiger partial charge in [-0.1, -0.05) is 11.3 Å². The quantitative estimate of drug-likeness (QED) is 0.520. The van der Waals surface area contributed by atoms with Crippen LogP contribution in [0.3, 0.4) is 0 Å². The largest absolute Gasteiger partial charge is 0.359 e. The van der Waals surface area contributed by atoms with Gasteiger partial charge < -0.3 is 5.11 Å². The molecule has 4 heteroatoms. The molecule has 0 radical (unpaired) electrons. The van der Waals surface area contributed by atoms with E-state index in [1.54, 1.807) is 11.3 Å². The fourth-order valence-electron chi connectivity index (χ4n) is 0.843. The third kappa shape index (κ3) is 0.676. The first-order valence-electron chi connectivity index (χ1n) is 2.63. The summed E-state index contributed by atoms with van der Waals surface area (Å²) in [6, 6.07) is 0. The van der Waals surface area contributed by atoms with Crippen molar-refractivity contribution in [3.63, 3.8) is 0 Å². The Labute approximate surface area is 56.1 Å². The molecule has 1 N–H and O–H groups in total. The number of nitrogens with zero attached hydrogens (tertiary/aromatic N) is 1. The van der Waals surface area contributed by atoms with Gasteiger partial charge in [-0.3, -0.25) is 4.74 Å². The van der Waals surface area contributed by atoms with Crippen LogP contribution in [-0.2, 0) is 11.5 Å². The lowest BCUT2D eigenvalue weighted by atomic mass is 10.5. The van der Waals surface area contributed by atoms with E-state index in [0.29, 0.717) is 6.73 Å². The van der Waals surface area contributed by atoms with Gasteiger partial charge in [0.1, 0.15) is 0 Å². The molecule has 1 aliphatic heterocycles. The lowest BCUT2D eigenvalue weighted by molar-refractivity contribution is -0.709. The highest BCUT2D eigenvalue weighted by molar-refractivity contribution is 7.07. The molecule has 1 atom stereocenters. The van der Waals surface area contributed by atoms with E-state index < -0.39 is 6.29 Å². The van der Waals surface area contributed by atoms with Crippen molar-refractivity contribution in [2.45, 2.75) is 13.0 Å². The molecule has 1 aromatic heterocycles. The highest BCUT2D eigenvalue weighted by Gasteiger charge is 2.29. The second-order valence-corrected chi connectivity index (χ2v) is 2.62. The Morgan fingerprint density at radius 3 is 3.56 bits per heavy atom. The molecular weight excluding hydrogens is 138 g/mol. The Morgan fingerprint density at radius 2 is 2.78 bits per heavy atom. The van der Waals surface area contributed by atoms with E-state index in [2.05, 4.69) is 0 Å². The molecule has 3 nitrogen and oxygen atoms in total. The third-order valence-electron chi connectivity index (χ3n) is 1.33. The van der Waals surface area contributed by atoms with Crippen LogP contribution >= 0.6 is 11.3 Å². The Bertz CT molecular complexity index is 222. The Hall–Kier alpha value is -0.450. The summed E-state index contributed by atoms with van der Waals surface area (Å²) in [5, 5.41) is 10.9. The first-order chi connectivity index (χ1) is 4.38. The second kappa shape index (κ2) is 1.76. The summed E-state index contributed by atoms with van der Waals surface area (Å²) in [6.45, 7) is 0.486. The molecule has 0 bridgehead atoms. The normalized spacial score (nSPS) is 24.3. The highest BCUT2D eigenvalue weighted by Crippen LogP contribution is 2.17. The molecule has 0 fully saturated rings. The van der Waals surface area contributed by atoms with Crippen LogP contribution in [0.25, 0.3) is 0 Å². The first kappa shape index (κ1) is 5.34. The van der Waals surface area contributed by atoms with Crippen molar-refractivity contribution in [2.24, 2.45) is 0 Å². The van der Waals surface area contributed by atoms with Crippen LogP contribution in [0.5, 0.6) is 0 Å². The average Bonchev–Trinajstić information content (AvgIpc) is 2.35. The smallest absolute Gasteiger partial charge is 0.256 e. The molecule has 0 aromatic carbocycles. The maximum atomic E-state index is 9.03. The van der Waals surface area contributed by atoms with Gasteiger partial charge in [0.25, 0.3) is 12.4 Å². The summed E-state index contributed by atoms with van der Waals surface area (Å²) < 4.78 is 6.77. The van der Waals surface area contributed by atoms with Crippen LogP contribution in [0.2, 0.25) is 0 Å². The molecule has 1 unspecified atom stereocenters. The third-order valence-corrected chi connectivity index (χ3v) is 2.09. The Balaban J connectivity index is 2.49. The number of ether oxygens (including phenoxy) is 1. The van der Waals surface area contributed by atoms with E-state index in [1.165, 1.54) is 0 Å². The average molecular weight is 144 g/mol. The van der Waals surface area contributed by atoms with Crippen LogP contribution in [0.4, 0.5) is 0 Å². The summed E-state index contributed by atoms with van der Waals surface area (Å²) in [5.41, 5.74) is 2.78. The predicted molar refractivity (Wildman–Crippen MR) is 30.6 cm³/mol. The number of aliphatic hydroxyl groups is 1. The zero-order valence-electron chi connectivity index (χ0n) is 4.65. The molecule has 0 amide bonds. The summed E-state index contributed by atoms with van der Waals surface area (Å²) >= 11 is 1.57. The number of hydrogen-bond acceptors (Lipinski definition) is 3. The molecule has 0 saturated heterocycles. The summed E-state index contributed by atoms with van der Waals surface area (Å²) in [6.07, 6.45) is -0.698. The van der Waals surface area contributed by atoms with E-state index in [9.17, 15) is 0 Å². The topological polar surface area (TPSA) is 33.3 Å². The molecule has 0 aliphatic carbocycles. The van der Waals surface area contributed by atoms with Gasteiger partial charge in [-0.05, 0) is 0 Å². The van der Waals surface area contributed by atoms with E-state index in [4.69, 9.17) is 9.84 Å². The summed E-state index contributed by atoms with van der Waals surface area (Å²) in [4.78, 5) is 0. The van der Waals surface area contributed by atoms with Gasteiger partial charge in [0.15, 0.2) is 0 Å². The maximum absolute atomic E-state index is 9.03. The summed E-state index contributed by atoms with van der Waals surface area (Å²) in [7, 11) is 0. The fraction of sp³-hybridized carbons (Fsp3) is 0.400. The zero-order chi connectivity index (χ0) is 6.27. The van der Waals surface area contributed by atoms with Crippen LogP contribution in [0.15, 0.2) is 10.9 Å². The SMILES string of the molecule is OC1OC[n+]2cscc21. The van der Waals surface area contributed by atoms with Gasteiger partial charge >= 0.3 is 0 Å². The minimum absolute atomic E-state index is 0.486. The molecule has 0 spiro atoms. The fourth-order valence-corrected chi connectivity index (χ4v) is 1.63. The molecule has 0 saturated carbocycles. The van der Waals surface area contributed by atoms with Gasteiger partial charge in [0.05, 0.1) is 5.38 Å². The van der Waals surface area contributed by atoms with Gasteiger partial charge in [-0.2, -0.15) is 4.57 Å². The molecule has 2 heterocycles. The van der Waals surface area contributed by atoms with Gasteiger partial charge in [0, 0.05) is 0 Å². The monoisotopic (exact) mass is 144 g/mol. The number of hydrogen-bond donors (Lipinski definition) is 1. The highest BCUT2D eigenvalue weighted by atomic mass is 32.1. The molecular formula is C5H6NO2S+. The van der Waals surface area contributed by atoms with Crippen molar-refractivity contribution < 1.29 is 14.4 Å². The van der Waals surface area contributed by atoms with Crippen molar-refractivity contribution in [2.75, 3.05) is 0 Å². The lowest BCUT2D eigenvalue weighted by Gasteiger charge is -1.88. The Kier molecular flexibility index (Phi) is 1.05. The minimum atomic E-state index is -0.698. The number of fused-ring (bicyclic) bond motifs is 1. The zero-order valence-corrected chi connectivity index (χ0v) is 5.47. The van der Waals surface area contributed by atoms with E-state index in [1.807, 2.05) is 15.5 Å². The van der Waals surface area contributed by atoms with E-state index in [-0.39, 0.29) is 0 Å². The number of thiazole rings is 1. The van der Waals surface area contributed by atoms with Crippen molar-refractivity contribution in [1.82, 2.24) is 0 Å². The van der Waals surface area contributed by atoms with Crippen molar-refractivity contribution >= 4 is 11.3 Å². The second-order valence-electron chi connectivity index (χ2n) is 1.90. The molecule has 48 valence electrons. The lowest BCUT2D eigenvalue weighted by Crippen LogP contribution is -2.29. The van der Waals surface area contributed by atoms with Crippen LogP contribution < -0.4 is 4.57 Å². The van der Waals surface area contributed by atoms with E-state index in [0.717, 1.165) is 5.69 Å².